The second kappa shape index (κ2) is 4.80. The first-order valence-electron chi connectivity index (χ1n) is 5.24. The third-order valence-corrected chi connectivity index (χ3v) is 2.17. The number of rotatable bonds is 3. The highest BCUT2D eigenvalue weighted by Crippen LogP contribution is 2.21. The van der Waals surface area contributed by atoms with Crippen LogP contribution >= 0.6 is 0 Å². The van der Waals surface area contributed by atoms with E-state index >= 15 is 0 Å². The molecule has 0 saturated carbocycles. The lowest BCUT2D eigenvalue weighted by Gasteiger charge is -2.07. The van der Waals surface area contributed by atoms with Gasteiger partial charge in [0.05, 0.1) is 0 Å². The summed E-state index contributed by atoms with van der Waals surface area (Å²) in [5.41, 5.74) is 4.32. The molecule has 1 aromatic heterocycles. The average Bonchev–Trinajstić information content (AvgIpc) is 2.28. The Kier molecular flexibility index (Phi) is 3.20. The summed E-state index contributed by atoms with van der Waals surface area (Å²) in [5, 5.41) is 0. The van der Waals surface area contributed by atoms with Gasteiger partial charge in [0, 0.05) is 11.8 Å². The topological polar surface area (TPSA) is 73.1 Å². The quantitative estimate of drug-likeness (QED) is 0.624. The summed E-state index contributed by atoms with van der Waals surface area (Å²) in [7, 11) is 0. The van der Waals surface area contributed by atoms with Gasteiger partial charge in [-0.3, -0.25) is 5.43 Å². The van der Waals surface area contributed by atoms with E-state index in [1.54, 1.807) is 6.07 Å². The van der Waals surface area contributed by atoms with Crippen LogP contribution in [0.4, 0.5) is 5.95 Å². The Morgan fingerprint density at radius 2 is 2.00 bits per heavy atom. The molecule has 0 aliphatic carbocycles. The highest BCUT2D eigenvalue weighted by molar-refractivity contribution is 5.34. The van der Waals surface area contributed by atoms with E-state index in [-0.39, 0.29) is 0 Å². The van der Waals surface area contributed by atoms with Gasteiger partial charge in [0.2, 0.25) is 11.8 Å². The Labute approximate surface area is 99.6 Å². The molecule has 5 heteroatoms. The van der Waals surface area contributed by atoms with Crippen molar-refractivity contribution in [2.75, 3.05) is 5.43 Å². The molecule has 0 saturated heterocycles. The average molecular weight is 230 g/mol. The Bertz CT molecular complexity index is 528. The summed E-state index contributed by atoms with van der Waals surface area (Å²) < 4.78 is 5.64. The van der Waals surface area contributed by atoms with Crippen LogP contribution in [0.1, 0.15) is 11.3 Å². The predicted octanol–water partition coefficient (Wildman–Crippen LogP) is 2.17. The minimum atomic E-state index is 0.340. The summed E-state index contributed by atoms with van der Waals surface area (Å²) in [5.74, 6) is 6.83. The number of benzene rings is 1. The van der Waals surface area contributed by atoms with Crippen molar-refractivity contribution in [2.24, 2.45) is 5.84 Å². The van der Waals surface area contributed by atoms with E-state index in [1.807, 2.05) is 38.1 Å². The number of nitrogens with zero attached hydrogens (tertiary/aromatic N) is 2. The van der Waals surface area contributed by atoms with Crippen molar-refractivity contribution in [1.82, 2.24) is 9.97 Å². The third kappa shape index (κ3) is 2.92. The van der Waals surface area contributed by atoms with Gasteiger partial charge in [-0.2, -0.15) is 4.98 Å². The molecular formula is C12H14N4O. The van der Waals surface area contributed by atoms with Gasteiger partial charge in [-0.25, -0.2) is 10.8 Å². The molecule has 0 spiro atoms. The maximum atomic E-state index is 5.64. The van der Waals surface area contributed by atoms with E-state index in [0.717, 1.165) is 17.0 Å². The Balaban J connectivity index is 2.26. The highest BCUT2D eigenvalue weighted by Gasteiger charge is 2.03. The number of nitrogen functional groups attached to an aromatic ring is 1. The Morgan fingerprint density at radius 3 is 2.71 bits per heavy atom. The number of aromatic nitrogens is 2. The number of nitrogens with one attached hydrogen (secondary N) is 1. The maximum absolute atomic E-state index is 5.64. The molecule has 0 amide bonds. The van der Waals surface area contributed by atoms with Gasteiger partial charge in [0.15, 0.2) is 0 Å². The van der Waals surface area contributed by atoms with Gasteiger partial charge in [-0.15, -0.1) is 0 Å². The van der Waals surface area contributed by atoms with Crippen molar-refractivity contribution >= 4 is 5.95 Å². The van der Waals surface area contributed by atoms with Crippen molar-refractivity contribution in [2.45, 2.75) is 13.8 Å². The summed E-state index contributed by atoms with van der Waals surface area (Å²) >= 11 is 0. The zero-order valence-corrected chi connectivity index (χ0v) is 9.77. The molecule has 0 unspecified atom stereocenters. The van der Waals surface area contributed by atoms with Gasteiger partial charge < -0.3 is 4.74 Å². The van der Waals surface area contributed by atoms with Crippen LogP contribution in [0.25, 0.3) is 0 Å². The third-order valence-electron chi connectivity index (χ3n) is 2.17. The largest absolute Gasteiger partial charge is 0.439 e. The molecule has 5 nitrogen and oxygen atoms in total. The number of hydrogen-bond donors (Lipinski definition) is 2. The minimum Gasteiger partial charge on any atom is -0.439 e. The molecule has 88 valence electrons. The van der Waals surface area contributed by atoms with E-state index in [4.69, 9.17) is 10.6 Å². The van der Waals surface area contributed by atoms with Gasteiger partial charge in [0.1, 0.15) is 5.75 Å². The van der Waals surface area contributed by atoms with Crippen LogP contribution in [0.2, 0.25) is 0 Å². The molecule has 2 rings (SSSR count). The van der Waals surface area contributed by atoms with Crippen molar-refractivity contribution in [3.05, 3.63) is 41.6 Å². The van der Waals surface area contributed by atoms with E-state index in [1.165, 1.54) is 0 Å². The van der Waals surface area contributed by atoms with Crippen LogP contribution in [0.15, 0.2) is 30.3 Å². The lowest BCUT2D eigenvalue weighted by atomic mass is 10.2. The fraction of sp³-hybridized carbons (Fsp3) is 0.167. The van der Waals surface area contributed by atoms with Crippen LogP contribution in [-0.2, 0) is 0 Å². The number of ether oxygens (including phenoxy) is 1. The van der Waals surface area contributed by atoms with Gasteiger partial charge in [-0.1, -0.05) is 12.1 Å². The van der Waals surface area contributed by atoms with E-state index < -0.39 is 0 Å². The standard InChI is InChI=1S/C12H14N4O/c1-8-4-3-5-10(6-8)17-11-7-9(2)14-12(15-11)16-13/h3-7H,13H2,1-2H3,(H,14,15,16). The van der Waals surface area contributed by atoms with Crippen molar-refractivity contribution in [3.63, 3.8) is 0 Å². The SMILES string of the molecule is Cc1cccc(Oc2cc(C)nc(NN)n2)c1. The second-order valence-electron chi connectivity index (χ2n) is 3.73. The molecule has 0 aliphatic heterocycles. The van der Waals surface area contributed by atoms with Gasteiger partial charge >= 0.3 is 0 Å². The molecular weight excluding hydrogens is 216 g/mol. The van der Waals surface area contributed by atoms with Crippen LogP contribution in [0.5, 0.6) is 11.6 Å². The van der Waals surface area contributed by atoms with Crippen LogP contribution in [0, 0.1) is 13.8 Å². The summed E-state index contributed by atoms with van der Waals surface area (Å²) in [4.78, 5) is 8.19. The molecule has 1 heterocycles. The number of anilines is 1. The maximum Gasteiger partial charge on any atom is 0.240 e. The first-order chi connectivity index (χ1) is 8.17. The predicted molar refractivity (Wildman–Crippen MR) is 65.8 cm³/mol. The normalized spacial score (nSPS) is 10.1. The first-order valence-corrected chi connectivity index (χ1v) is 5.24. The van der Waals surface area contributed by atoms with E-state index in [9.17, 15) is 0 Å². The van der Waals surface area contributed by atoms with E-state index in [0.29, 0.717) is 11.8 Å². The summed E-state index contributed by atoms with van der Waals surface area (Å²) in [6.07, 6.45) is 0. The van der Waals surface area contributed by atoms with Crippen molar-refractivity contribution in [3.8, 4) is 11.6 Å². The molecule has 0 aliphatic rings. The molecule has 3 N–H and O–H groups in total. The minimum absolute atomic E-state index is 0.340. The number of hydrazine groups is 1. The number of hydrogen-bond acceptors (Lipinski definition) is 5. The zero-order chi connectivity index (χ0) is 12.3. The zero-order valence-electron chi connectivity index (χ0n) is 9.77. The van der Waals surface area contributed by atoms with Crippen LogP contribution in [0.3, 0.4) is 0 Å². The molecule has 1 aromatic carbocycles. The molecule has 0 fully saturated rings. The van der Waals surface area contributed by atoms with Crippen LogP contribution in [-0.4, -0.2) is 9.97 Å². The van der Waals surface area contributed by atoms with Gasteiger partial charge in [-0.05, 0) is 31.5 Å². The summed E-state index contributed by atoms with van der Waals surface area (Å²) in [6, 6.07) is 9.50. The number of nitrogens with two attached hydrogens (primary N) is 1. The first kappa shape index (κ1) is 11.3. The highest BCUT2D eigenvalue weighted by atomic mass is 16.5. The monoisotopic (exact) mass is 230 g/mol. The molecule has 17 heavy (non-hydrogen) atoms. The molecule has 0 atom stereocenters. The molecule has 2 aromatic rings. The van der Waals surface area contributed by atoms with Crippen molar-refractivity contribution in [1.29, 1.82) is 0 Å². The fourth-order valence-corrected chi connectivity index (χ4v) is 1.46. The number of aryl methyl sites for hydroxylation is 2. The second-order valence-corrected chi connectivity index (χ2v) is 3.73. The van der Waals surface area contributed by atoms with Crippen molar-refractivity contribution < 1.29 is 4.74 Å². The Hall–Kier alpha value is -2.14. The van der Waals surface area contributed by atoms with E-state index in [2.05, 4.69) is 15.4 Å². The summed E-state index contributed by atoms with van der Waals surface area (Å²) in [6.45, 7) is 3.86. The smallest absolute Gasteiger partial charge is 0.240 e. The lowest BCUT2D eigenvalue weighted by Crippen LogP contribution is -2.11. The molecule has 0 bridgehead atoms. The molecule has 0 radical (unpaired) electrons. The Morgan fingerprint density at radius 1 is 1.18 bits per heavy atom. The van der Waals surface area contributed by atoms with Crippen LogP contribution < -0.4 is 16.0 Å². The lowest BCUT2D eigenvalue weighted by molar-refractivity contribution is 0.461. The van der Waals surface area contributed by atoms with Gasteiger partial charge in [0.25, 0.3) is 0 Å². The fourth-order valence-electron chi connectivity index (χ4n) is 1.46.